The van der Waals surface area contributed by atoms with Crippen molar-refractivity contribution in [2.24, 2.45) is 0 Å². The molecule has 136 valence electrons. The van der Waals surface area contributed by atoms with Gasteiger partial charge in [-0.2, -0.15) is 0 Å². The Kier molecular flexibility index (Phi) is 4.61. The quantitative estimate of drug-likeness (QED) is 0.730. The minimum absolute atomic E-state index is 0.220. The molecule has 1 aliphatic rings. The predicted molar refractivity (Wildman–Crippen MR) is 104 cm³/mol. The van der Waals surface area contributed by atoms with E-state index in [1.165, 1.54) is 0 Å². The summed E-state index contributed by atoms with van der Waals surface area (Å²) < 4.78 is 11.0. The third kappa shape index (κ3) is 3.84. The normalized spacial score (nSPS) is 12.3. The molecule has 2 N–H and O–H groups in total. The van der Waals surface area contributed by atoms with Gasteiger partial charge < -0.3 is 20.1 Å². The van der Waals surface area contributed by atoms with Crippen LogP contribution in [-0.2, 0) is 0 Å². The standard InChI is InChI=1S/C21H19N3O3/c1-14-4-2-3-5-17(14)24-20-12-15(8-9-22-20)21(25)23-16-6-7-18-19(13-16)27-11-10-26-18/h2-9,12-13H,10-11H2,1H3,(H,22,24)(H,23,25). The fraction of sp³-hybridized carbons (Fsp3) is 0.143. The van der Waals surface area contributed by atoms with Crippen LogP contribution < -0.4 is 20.1 Å². The van der Waals surface area contributed by atoms with Gasteiger partial charge in [0.1, 0.15) is 19.0 Å². The van der Waals surface area contributed by atoms with Crippen LogP contribution in [0, 0.1) is 6.92 Å². The van der Waals surface area contributed by atoms with E-state index in [2.05, 4.69) is 15.6 Å². The molecule has 1 aromatic heterocycles. The summed E-state index contributed by atoms with van der Waals surface area (Å²) in [6.07, 6.45) is 1.61. The van der Waals surface area contributed by atoms with E-state index < -0.39 is 0 Å². The molecule has 0 radical (unpaired) electrons. The highest BCUT2D eigenvalue weighted by molar-refractivity contribution is 6.04. The molecule has 0 spiro atoms. The molecular weight excluding hydrogens is 342 g/mol. The van der Waals surface area contributed by atoms with Gasteiger partial charge in [-0.25, -0.2) is 4.98 Å². The Morgan fingerprint density at radius 3 is 2.67 bits per heavy atom. The first-order valence-electron chi connectivity index (χ1n) is 8.69. The second-order valence-electron chi connectivity index (χ2n) is 6.18. The number of para-hydroxylation sites is 1. The maximum atomic E-state index is 12.6. The largest absolute Gasteiger partial charge is 0.486 e. The molecule has 0 bridgehead atoms. The first-order chi connectivity index (χ1) is 13.2. The molecule has 2 heterocycles. The smallest absolute Gasteiger partial charge is 0.255 e. The highest BCUT2D eigenvalue weighted by atomic mass is 16.6. The van der Waals surface area contributed by atoms with Crippen LogP contribution in [0.3, 0.4) is 0 Å². The Balaban J connectivity index is 1.50. The van der Waals surface area contributed by atoms with E-state index in [4.69, 9.17) is 9.47 Å². The lowest BCUT2D eigenvalue weighted by Crippen LogP contribution is -2.16. The van der Waals surface area contributed by atoms with Gasteiger partial charge in [-0.05, 0) is 42.8 Å². The Morgan fingerprint density at radius 2 is 1.81 bits per heavy atom. The summed E-state index contributed by atoms with van der Waals surface area (Å²) in [5.41, 5.74) is 3.21. The van der Waals surface area contributed by atoms with E-state index in [-0.39, 0.29) is 5.91 Å². The van der Waals surface area contributed by atoms with E-state index in [1.807, 2.05) is 31.2 Å². The molecule has 1 amide bonds. The topological polar surface area (TPSA) is 72.5 Å². The zero-order chi connectivity index (χ0) is 18.6. The molecule has 4 rings (SSSR count). The van der Waals surface area contributed by atoms with Gasteiger partial charge in [0.25, 0.3) is 5.91 Å². The molecule has 0 saturated carbocycles. The molecule has 0 saturated heterocycles. The summed E-state index contributed by atoms with van der Waals surface area (Å²) in [6, 6.07) is 16.7. The number of nitrogens with zero attached hydrogens (tertiary/aromatic N) is 1. The van der Waals surface area contributed by atoms with Crippen molar-refractivity contribution in [2.45, 2.75) is 6.92 Å². The maximum Gasteiger partial charge on any atom is 0.255 e. The van der Waals surface area contributed by atoms with Crippen LogP contribution in [0.4, 0.5) is 17.2 Å². The molecular formula is C21H19N3O3. The number of rotatable bonds is 4. The van der Waals surface area contributed by atoms with Crippen molar-refractivity contribution in [3.8, 4) is 11.5 Å². The zero-order valence-electron chi connectivity index (χ0n) is 14.9. The van der Waals surface area contributed by atoms with Crippen LogP contribution in [0.1, 0.15) is 15.9 Å². The molecule has 6 nitrogen and oxygen atoms in total. The summed E-state index contributed by atoms with van der Waals surface area (Å²) in [6.45, 7) is 3.05. The van der Waals surface area contributed by atoms with Crippen LogP contribution in [0.15, 0.2) is 60.8 Å². The molecule has 0 aliphatic carbocycles. The van der Waals surface area contributed by atoms with Gasteiger partial charge in [0.2, 0.25) is 0 Å². The number of nitrogens with one attached hydrogen (secondary N) is 2. The number of aromatic nitrogens is 1. The third-order valence-electron chi connectivity index (χ3n) is 4.23. The Bertz CT molecular complexity index is 988. The molecule has 0 unspecified atom stereocenters. The van der Waals surface area contributed by atoms with E-state index >= 15 is 0 Å². The van der Waals surface area contributed by atoms with Crippen LogP contribution in [0.2, 0.25) is 0 Å². The minimum Gasteiger partial charge on any atom is -0.486 e. The van der Waals surface area contributed by atoms with Crippen molar-refractivity contribution in [1.29, 1.82) is 0 Å². The van der Waals surface area contributed by atoms with E-state index in [9.17, 15) is 4.79 Å². The number of pyridine rings is 1. The van der Waals surface area contributed by atoms with Crippen molar-refractivity contribution in [3.63, 3.8) is 0 Å². The van der Waals surface area contributed by atoms with Gasteiger partial charge in [0.05, 0.1) is 0 Å². The number of anilines is 3. The number of fused-ring (bicyclic) bond motifs is 1. The van der Waals surface area contributed by atoms with E-state index in [0.29, 0.717) is 41.8 Å². The summed E-state index contributed by atoms with van der Waals surface area (Å²) in [5, 5.41) is 6.13. The van der Waals surface area contributed by atoms with Crippen molar-refractivity contribution >= 4 is 23.1 Å². The average Bonchev–Trinajstić information content (AvgIpc) is 2.70. The predicted octanol–water partition coefficient (Wildman–Crippen LogP) is 4.16. The van der Waals surface area contributed by atoms with Gasteiger partial charge in [-0.3, -0.25) is 4.79 Å². The summed E-state index contributed by atoms with van der Waals surface area (Å²) in [7, 11) is 0. The highest BCUT2D eigenvalue weighted by Crippen LogP contribution is 2.32. The van der Waals surface area contributed by atoms with E-state index in [0.717, 1.165) is 11.3 Å². The first kappa shape index (κ1) is 16.9. The van der Waals surface area contributed by atoms with Crippen molar-refractivity contribution in [3.05, 3.63) is 71.9 Å². The monoisotopic (exact) mass is 361 g/mol. The Hall–Kier alpha value is -3.54. The number of hydrogen-bond donors (Lipinski definition) is 2. The van der Waals surface area contributed by atoms with Gasteiger partial charge in [0, 0.05) is 29.2 Å². The van der Waals surface area contributed by atoms with Gasteiger partial charge in [-0.15, -0.1) is 0 Å². The molecule has 3 aromatic rings. The second kappa shape index (κ2) is 7.37. The number of hydrogen-bond acceptors (Lipinski definition) is 5. The summed E-state index contributed by atoms with van der Waals surface area (Å²) in [4.78, 5) is 16.9. The van der Waals surface area contributed by atoms with Crippen LogP contribution in [0.25, 0.3) is 0 Å². The molecule has 0 fully saturated rings. The lowest BCUT2D eigenvalue weighted by molar-refractivity contribution is 0.102. The number of carbonyl (C=O) groups is 1. The van der Waals surface area contributed by atoms with Crippen molar-refractivity contribution in [2.75, 3.05) is 23.8 Å². The number of amides is 1. The molecule has 6 heteroatoms. The fourth-order valence-electron chi connectivity index (χ4n) is 2.82. The third-order valence-corrected chi connectivity index (χ3v) is 4.23. The van der Waals surface area contributed by atoms with Crippen molar-refractivity contribution in [1.82, 2.24) is 4.98 Å². The lowest BCUT2D eigenvalue weighted by Gasteiger charge is -2.19. The van der Waals surface area contributed by atoms with Crippen LogP contribution >= 0.6 is 0 Å². The summed E-state index contributed by atoms with van der Waals surface area (Å²) >= 11 is 0. The first-order valence-corrected chi connectivity index (χ1v) is 8.69. The molecule has 0 atom stereocenters. The van der Waals surface area contributed by atoms with Crippen molar-refractivity contribution < 1.29 is 14.3 Å². The zero-order valence-corrected chi connectivity index (χ0v) is 14.9. The summed E-state index contributed by atoms with van der Waals surface area (Å²) in [5.74, 6) is 1.71. The Morgan fingerprint density at radius 1 is 1.00 bits per heavy atom. The SMILES string of the molecule is Cc1ccccc1Nc1cc(C(=O)Nc2ccc3c(c2)OCCO3)ccn1. The molecule has 2 aromatic carbocycles. The second-order valence-corrected chi connectivity index (χ2v) is 6.18. The highest BCUT2D eigenvalue weighted by Gasteiger charge is 2.14. The average molecular weight is 361 g/mol. The number of carbonyl (C=O) groups excluding carboxylic acids is 1. The van der Waals surface area contributed by atoms with Crippen LogP contribution in [-0.4, -0.2) is 24.1 Å². The number of aryl methyl sites for hydroxylation is 1. The minimum atomic E-state index is -0.220. The fourth-order valence-corrected chi connectivity index (χ4v) is 2.82. The lowest BCUT2D eigenvalue weighted by atomic mass is 10.2. The number of ether oxygens (including phenoxy) is 2. The molecule has 27 heavy (non-hydrogen) atoms. The number of benzene rings is 2. The Labute approximate surface area is 157 Å². The molecule has 1 aliphatic heterocycles. The van der Waals surface area contributed by atoms with Gasteiger partial charge in [-0.1, -0.05) is 18.2 Å². The van der Waals surface area contributed by atoms with Crippen LogP contribution in [0.5, 0.6) is 11.5 Å². The van der Waals surface area contributed by atoms with Gasteiger partial charge in [0.15, 0.2) is 11.5 Å². The maximum absolute atomic E-state index is 12.6. The van der Waals surface area contributed by atoms with E-state index in [1.54, 1.807) is 36.5 Å². The van der Waals surface area contributed by atoms with Gasteiger partial charge >= 0.3 is 0 Å².